The largest absolute Gasteiger partial charge is 0.481 e. The zero-order chi connectivity index (χ0) is 26.3. The predicted molar refractivity (Wildman–Crippen MR) is 150 cm³/mol. The van der Waals surface area contributed by atoms with Crippen LogP contribution in [0.5, 0.6) is 5.75 Å². The van der Waals surface area contributed by atoms with Gasteiger partial charge in [-0.25, -0.2) is 0 Å². The standard InChI is InChI=1S/C28H25Br2ClN2O4/c1-14-8-9-16(12-19(14)31)32-24(36)13-37-28-17(29)10-15(11-18(28)30)25-26-20(4-2-6-22(26)34)33-21-5-3-7-23(35)27(21)25/h8-12,25,33H,2-7,13H2,1H3,(H,32,36). The Bertz CT molecular complexity index is 1330. The van der Waals surface area contributed by atoms with E-state index in [1.54, 1.807) is 12.1 Å². The van der Waals surface area contributed by atoms with Gasteiger partial charge in [-0.3, -0.25) is 14.4 Å². The number of nitrogens with one attached hydrogen (secondary N) is 2. The van der Waals surface area contributed by atoms with E-state index >= 15 is 0 Å². The summed E-state index contributed by atoms with van der Waals surface area (Å²) in [5, 5.41) is 6.79. The van der Waals surface area contributed by atoms with Crippen molar-refractivity contribution in [1.82, 2.24) is 5.32 Å². The lowest BCUT2D eigenvalue weighted by molar-refractivity contribution is -0.118. The summed E-state index contributed by atoms with van der Waals surface area (Å²) in [4.78, 5) is 38.6. The molecule has 5 rings (SSSR count). The lowest BCUT2D eigenvalue weighted by Gasteiger charge is -2.37. The van der Waals surface area contributed by atoms with Crippen LogP contribution in [-0.4, -0.2) is 24.1 Å². The molecule has 6 nitrogen and oxygen atoms in total. The summed E-state index contributed by atoms with van der Waals surface area (Å²) in [5.74, 6) is -0.106. The van der Waals surface area contributed by atoms with Gasteiger partial charge in [0, 0.05) is 52.0 Å². The summed E-state index contributed by atoms with van der Waals surface area (Å²) in [6.07, 6.45) is 4.19. The molecule has 3 aliphatic rings. The molecule has 9 heteroatoms. The maximum Gasteiger partial charge on any atom is 0.262 e. The molecule has 1 aliphatic heterocycles. The van der Waals surface area contributed by atoms with Gasteiger partial charge in [0.05, 0.1) is 8.95 Å². The van der Waals surface area contributed by atoms with Gasteiger partial charge in [-0.2, -0.15) is 0 Å². The third kappa shape index (κ3) is 5.29. The first kappa shape index (κ1) is 26.2. The first-order chi connectivity index (χ1) is 17.7. The first-order valence-corrected chi connectivity index (χ1v) is 14.2. The quantitative estimate of drug-likeness (QED) is 0.369. The van der Waals surface area contributed by atoms with Crippen molar-refractivity contribution in [3.8, 4) is 5.75 Å². The number of amides is 1. The Hall–Kier alpha value is -2.42. The van der Waals surface area contributed by atoms with Crippen molar-refractivity contribution in [1.29, 1.82) is 0 Å². The summed E-state index contributed by atoms with van der Waals surface area (Å²) in [6, 6.07) is 9.07. The summed E-state index contributed by atoms with van der Waals surface area (Å²) in [6.45, 7) is 1.68. The highest BCUT2D eigenvalue weighted by Crippen LogP contribution is 2.47. The van der Waals surface area contributed by atoms with E-state index in [1.165, 1.54) is 0 Å². The van der Waals surface area contributed by atoms with Crippen molar-refractivity contribution in [2.45, 2.75) is 51.4 Å². The number of rotatable bonds is 5. The maximum atomic E-state index is 13.1. The van der Waals surface area contributed by atoms with Crippen LogP contribution < -0.4 is 15.4 Å². The highest BCUT2D eigenvalue weighted by atomic mass is 79.9. The highest BCUT2D eigenvalue weighted by Gasteiger charge is 2.40. The Morgan fingerprint density at radius 1 is 1.00 bits per heavy atom. The van der Waals surface area contributed by atoms with Gasteiger partial charge >= 0.3 is 0 Å². The molecule has 2 aromatic rings. The molecular weight excluding hydrogens is 624 g/mol. The molecule has 0 atom stereocenters. The van der Waals surface area contributed by atoms with Crippen molar-refractivity contribution in [3.63, 3.8) is 0 Å². The van der Waals surface area contributed by atoms with Crippen molar-refractivity contribution >= 4 is 66.6 Å². The molecule has 0 fully saturated rings. The van der Waals surface area contributed by atoms with Gasteiger partial charge in [0.15, 0.2) is 18.2 Å². The van der Waals surface area contributed by atoms with Crippen LogP contribution in [0, 0.1) is 6.92 Å². The number of halogens is 3. The number of hydrogen-bond acceptors (Lipinski definition) is 5. The molecule has 37 heavy (non-hydrogen) atoms. The molecule has 2 aliphatic carbocycles. The van der Waals surface area contributed by atoms with Crippen molar-refractivity contribution in [3.05, 3.63) is 78.0 Å². The number of allylic oxidation sites excluding steroid dienone is 4. The zero-order valence-electron chi connectivity index (χ0n) is 20.2. The van der Waals surface area contributed by atoms with Crippen LogP contribution in [0.2, 0.25) is 5.02 Å². The number of benzene rings is 2. The number of aryl methyl sites for hydroxylation is 1. The molecule has 192 valence electrons. The number of carbonyl (C=O) groups excluding carboxylic acids is 3. The Morgan fingerprint density at radius 3 is 2.16 bits per heavy atom. The van der Waals surface area contributed by atoms with Gasteiger partial charge in [-0.05, 0) is 99.9 Å². The van der Waals surface area contributed by atoms with E-state index in [4.69, 9.17) is 16.3 Å². The number of anilines is 1. The molecular formula is C28H25Br2ClN2O4. The Labute approximate surface area is 237 Å². The number of carbonyl (C=O) groups is 3. The minimum atomic E-state index is -0.414. The molecule has 2 aromatic carbocycles. The number of dihydropyridines is 1. The Balaban J connectivity index is 1.41. The predicted octanol–water partition coefficient (Wildman–Crippen LogP) is 6.89. The van der Waals surface area contributed by atoms with Gasteiger partial charge in [0.25, 0.3) is 5.91 Å². The zero-order valence-corrected chi connectivity index (χ0v) is 24.1. The molecule has 0 saturated heterocycles. The fraction of sp³-hybridized carbons (Fsp3) is 0.321. The first-order valence-electron chi connectivity index (χ1n) is 12.2. The lowest BCUT2D eigenvalue weighted by atomic mass is 9.71. The van der Waals surface area contributed by atoms with E-state index in [9.17, 15) is 14.4 Å². The third-order valence-electron chi connectivity index (χ3n) is 6.95. The van der Waals surface area contributed by atoms with E-state index in [-0.39, 0.29) is 24.1 Å². The van der Waals surface area contributed by atoms with Gasteiger partial charge in [-0.1, -0.05) is 17.7 Å². The fourth-order valence-electron chi connectivity index (χ4n) is 5.21. The van der Waals surface area contributed by atoms with Crippen LogP contribution in [0.4, 0.5) is 5.69 Å². The monoisotopic (exact) mass is 646 g/mol. The Morgan fingerprint density at radius 2 is 1.59 bits per heavy atom. The lowest BCUT2D eigenvalue weighted by Crippen LogP contribution is -2.36. The third-order valence-corrected chi connectivity index (χ3v) is 8.53. The summed E-state index contributed by atoms with van der Waals surface area (Å²) in [5.41, 5.74) is 5.62. The minimum absolute atomic E-state index is 0.0872. The van der Waals surface area contributed by atoms with Crippen molar-refractivity contribution in [2.75, 3.05) is 11.9 Å². The van der Waals surface area contributed by atoms with Crippen LogP contribution in [-0.2, 0) is 14.4 Å². The molecule has 0 bridgehead atoms. The SMILES string of the molecule is Cc1ccc(NC(=O)COc2c(Br)cc(C3C4=C(CCCC4=O)NC4=C3C(=O)CCC4)cc2Br)cc1Cl. The van der Waals surface area contributed by atoms with Gasteiger partial charge in [-0.15, -0.1) is 0 Å². The number of hydrogen-bond donors (Lipinski definition) is 2. The molecule has 0 spiro atoms. The van der Waals surface area contributed by atoms with Crippen molar-refractivity contribution in [2.24, 2.45) is 0 Å². The van der Waals surface area contributed by atoms with Gasteiger partial charge in [0.2, 0.25) is 0 Å². The summed E-state index contributed by atoms with van der Waals surface area (Å²) >= 11 is 13.3. The van der Waals surface area contributed by atoms with E-state index in [1.807, 2.05) is 25.1 Å². The van der Waals surface area contributed by atoms with Crippen LogP contribution in [0.25, 0.3) is 0 Å². The van der Waals surface area contributed by atoms with Crippen LogP contribution in [0.15, 0.2) is 61.8 Å². The number of Topliss-reactive ketones (excluding diaryl/α,β-unsaturated/α-hetero) is 2. The Kier molecular flexibility index (Phi) is 7.61. The minimum Gasteiger partial charge on any atom is -0.481 e. The number of ether oxygens (including phenoxy) is 1. The van der Waals surface area contributed by atoms with E-state index in [0.717, 1.165) is 48.2 Å². The second-order valence-electron chi connectivity index (χ2n) is 9.51. The molecule has 1 amide bonds. The highest BCUT2D eigenvalue weighted by molar-refractivity contribution is 9.11. The second kappa shape index (κ2) is 10.8. The molecule has 0 aromatic heterocycles. The summed E-state index contributed by atoms with van der Waals surface area (Å²) in [7, 11) is 0. The van der Waals surface area contributed by atoms with Crippen molar-refractivity contribution < 1.29 is 19.1 Å². The van der Waals surface area contributed by atoms with Crippen LogP contribution >= 0.6 is 43.5 Å². The molecule has 0 radical (unpaired) electrons. The van der Waals surface area contributed by atoms with E-state index in [0.29, 0.717) is 49.4 Å². The topological polar surface area (TPSA) is 84.5 Å². The van der Waals surface area contributed by atoms with E-state index < -0.39 is 5.92 Å². The second-order valence-corrected chi connectivity index (χ2v) is 11.6. The van der Waals surface area contributed by atoms with E-state index in [2.05, 4.69) is 42.5 Å². The molecule has 1 heterocycles. The molecule has 0 saturated carbocycles. The molecule has 0 unspecified atom stereocenters. The smallest absolute Gasteiger partial charge is 0.262 e. The van der Waals surface area contributed by atoms with Gasteiger partial charge < -0.3 is 15.4 Å². The normalized spacial score (nSPS) is 17.8. The average Bonchev–Trinajstić information content (AvgIpc) is 2.85. The summed E-state index contributed by atoms with van der Waals surface area (Å²) < 4.78 is 7.09. The number of ketones is 2. The van der Waals surface area contributed by atoms with Crippen LogP contribution in [0.1, 0.15) is 55.6 Å². The van der Waals surface area contributed by atoms with Gasteiger partial charge in [0.1, 0.15) is 5.75 Å². The fourth-order valence-corrected chi connectivity index (χ4v) is 6.84. The molecule has 2 N–H and O–H groups in total. The maximum absolute atomic E-state index is 13.1. The van der Waals surface area contributed by atoms with Crippen LogP contribution in [0.3, 0.4) is 0 Å². The average molecular weight is 649 g/mol.